The van der Waals surface area contributed by atoms with E-state index in [0.717, 1.165) is 25.9 Å². The zero-order valence-electron chi connectivity index (χ0n) is 12.6. The van der Waals surface area contributed by atoms with Crippen LogP contribution in [0, 0.1) is 5.82 Å². The molecule has 1 aromatic carbocycles. The number of nitrogens with one attached hydrogen (secondary N) is 2. The highest BCUT2D eigenvalue weighted by Crippen LogP contribution is 2.29. The molecular weight excluding hydrogens is 281 g/mol. The molecule has 1 aliphatic heterocycles. The van der Waals surface area contributed by atoms with Crippen molar-refractivity contribution in [2.45, 2.75) is 18.8 Å². The van der Waals surface area contributed by atoms with E-state index < -0.39 is 11.7 Å². The average molecular weight is 301 g/mol. The number of aromatic amines is 1. The van der Waals surface area contributed by atoms with Crippen LogP contribution in [0.15, 0.2) is 36.5 Å². The van der Waals surface area contributed by atoms with Gasteiger partial charge in [0.05, 0.1) is 5.56 Å². The van der Waals surface area contributed by atoms with Gasteiger partial charge in [-0.2, -0.15) is 0 Å². The number of halogens is 1. The lowest BCUT2D eigenvalue weighted by Crippen LogP contribution is -2.29. The fraction of sp³-hybridized carbons (Fsp3) is 0.353. The summed E-state index contributed by atoms with van der Waals surface area (Å²) in [6, 6.07) is 7.93. The SMILES string of the molecule is CN1CCC(c2c[nH]c(NC(=O)c3ccccc3F)c2)CC1. The van der Waals surface area contributed by atoms with Crippen molar-refractivity contribution in [3.63, 3.8) is 0 Å². The molecule has 1 aliphatic rings. The summed E-state index contributed by atoms with van der Waals surface area (Å²) in [5, 5.41) is 2.72. The third-order valence-electron chi connectivity index (χ3n) is 4.26. The molecule has 116 valence electrons. The number of amides is 1. The van der Waals surface area contributed by atoms with Crippen LogP contribution < -0.4 is 5.32 Å². The van der Waals surface area contributed by atoms with Crippen LogP contribution >= 0.6 is 0 Å². The van der Waals surface area contributed by atoms with Crippen molar-refractivity contribution in [2.75, 3.05) is 25.5 Å². The van der Waals surface area contributed by atoms with Gasteiger partial charge in [-0.15, -0.1) is 0 Å². The molecule has 5 heteroatoms. The lowest BCUT2D eigenvalue weighted by atomic mass is 9.91. The second kappa shape index (κ2) is 6.32. The molecule has 3 rings (SSSR count). The van der Waals surface area contributed by atoms with E-state index in [1.807, 2.05) is 12.3 Å². The van der Waals surface area contributed by atoms with Gasteiger partial charge >= 0.3 is 0 Å². The van der Waals surface area contributed by atoms with E-state index in [0.29, 0.717) is 11.7 Å². The molecule has 2 heterocycles. The monoisotopic (exact) mass is 301 g/mol. The number of carbonyl (C=O) groups is 1. The molecule has 2 N–H and O–H groups in total. The predicted molar refractivity (Wildman–Crippen MR) is 84.6 cm³/mol. The van der Waals surface area contributed by atoms with Crippen LogP contribution in [0.25, 0.3) is 0 Å². The predicted octanol–water partition coefficient (Wildman–Crippen LogP) is 3.22. The van der Waals surface area contributed by atoms with Gasteiger partial charge in [-0.25, -0.2) is 4.39 Å². The van der Waals surface area contributed by atoms with Crippen LogP contribution in [0.3, 0.4) is 0 Å². The highest BCUT2D eigenvalue weighted by atomic mass is 19.1. The van der Waals surface area contributed by atoms with Crippen molar-refractivity contribution in [1.29, 1.82) is 0 Å². The number of benzene rings is 1. The first-order valence-electron chi connectivity index (χ1n) is 7.56. The molecule has 22 heavy (non-hydrogen) atoms. The summed E-state index contributed by atoms with van der Waals surface area (Å²) in [5.41, 5.74) is 1.26. The van der Waals surface area contributed by atoms with Gasteiger partial charge in [-0.1, -0.05) is 12.1 Å². The number of anilines is 1. The Kier molecular flexibility index (Phi) is 4.24. The van der Waals surface area contributed by atoms with E-state index >= 15 is 0 Å². The molecule has 0 unspecified atom stereocenters. The zero-order valence-corrected chi connectivity index (χ0v) is 12.6. The number of likely N-dealkylation sites (tertiary alicyclic amines) is 1. The molecule has 0 saturated carbocycles. The van der Waals surface area contributed by atoms with Gasteiger partial charge in [0, 0.05) is 6.20 Å². The van der Waals surface area contributed by atoms with Gasteiger partial charge in [-0.05, 0) is 62.7 Å². The molecule has 1 fully saturated rings. The molecule has 0 spiro atoms. The molecule has 1 amide bonds. The van der Waals surface area contributed by atoms with Gasteiger partial charge in [0.2, 0.25) is 0 Å². The highest BCUT2D eigenvalue weighted by Gasteiger charge is 2.20. The first-order chi connectivity index (χ1) is 10.6. The van der Waals surface area contributed by atoms with E-state index in [9.17, 15) is 9.18 Å². The first-order valence-corrected chi connectivity index (χ1v) is 7.56. The molecule has 1 aromatic heterocycles. The Morgan fingerprint density at radius 1 is 1.32 bits per heavy atom. The lowest BCUT2D eigenvalue weighted by Gasteiger charge is -2.28. The lowest BCUT2D eigenvalue weighted by molar-refractivity contribution is 0.102. The van der Waals surface area contributed by atoms with Gasteiger partial charge in [-0.3, -0.25) is 4.79 Å². The summed E-state index contributed by atoms with van der Waals surface area (Å²) in [4.78, 5) is 17.5. The maximum absolute atomic E-state index is 13.6. The van der Waals surface area contributed by atoms with Crippen LogP contribution in [-0.4, -0.2) is 35.9 Å². The van der Waals surface area contributed by atoms with E-state index in [-0.39, 0.29) is 5.56 Å². The third kappa shape index (κ3) is 3.20. The number of carbonyl (C=O) groups excluding carboxylic acids is 1. The molecule has 4 nitrogen and oxygen atoms in total. The largest absolute Gasteiger partial charge is 0.348 e. The van der Waals surface area contributed by atoms with E-state index in [1.54, 1.807) is 12.1 Å². The number of hydrogen-bond donors (Lipinski definition) is 2. The van der Waals surface area contributed by atoms with E-state index in [2.05, 4.69) is 22.2 Å². The number of aromatic nitrogens is 1. The minimum absolute atomic E-state index is 0.0536. The van der Waals surface area contributed by atoms with Gasteiger partial charge in [0.15, 0.2) is 0 Å². The summed E-state index contributed by atoms with van der Waals surface area (Å²) < 4.78 is 13.6. The number of rotatable bonds is 3. The van der Waals surface area contributed by atoms with Crippen molar-refractivity contribution in [1.82, 2.24) is 9.88 Å². The molecule has 0 bridgehead atoms. The number of H-pyrrole nitrogens is 1. The summed E-state index contributed by atoms with van der Waals surface area (Å²) in [7, 11) is 2.13. The van der Waals surface area contributed by atoms with Crippen LogP contribution in [-0.2, 0) is 0 Å². The summed E-state index contributed by atoms with van der Waals surface area (Å²) in [6.07, 6.45) is 4.18. The van der Waals surface area contributed by atoms with E-state index in [4.69, 9.17) is 0 Å². The van der Waals surface area contributed by atoms with Gasteiger partial charge in [0.1, 0.15) is 11.6 Å². The quantitative estimate of drug-likeness (QED) is 0.914. The van der Waals surface area contributed by atoms with Crippen molar-refractivity contribution >= 4 is 11.7 Å². The zero-order chi connectivity index (χ0) is 15.5. The minimum Gasteiger partial charge on any atom is -0.348 e. The molecule has 0 atom stereocenters. The van der Waals surface area contributed by atoms with Crippen LogP contribution in [0.1, 0.15) is 34.7 Å². The van der Waals surface area contributed by atoms with Crippen molar-refractivity contribution in [2.24, 2.45) is 0 Å². The Balaban J connectivity index is 1.67. The topological polar surface area (TPSA) is 48.1 Å². The van der Waals surface area contributed by atoms with Crippen molar-refractivity contribution in [3.8, 4) is 0 Å². The maximum Gasteiger partial charge on any atom is 0.259 e. The van der Waals surface area contributed by atoms with Crippen molar-refractivity contribution in [3.05, 3.63) is 53.5 Å². The fourth-order valence-electron chi connectivity index (χ4n) is 2.90. The van der Waals surface area contributed by atoms with Crippen LogP contribution in [0.5, 0.6) is 0 Å². The summed E-state index contributed by atoms with van der Waals surface area (Å²) in [5.74, 6) is 0.186. The van der Waals surface area contributed by atoms with Gasteiger partial charge in [0.25, 0.3) is 5.91 Å². The van der Waals surface area contributed by atoms with Gasteiger partial charge < -0.3 is 15.2 Å². The molecular formula is C17H20FN3O. The number of hydrogen-bond acceptors (Lipinski definition) is 2. The normalized spacial score (nSPS) is 16.6. The van der Waals surface area contributed by atoms with Crippen LogP contribution in [0.2, 0.25) is 0 Å². The summed E-state index contributed by atoms with van der Waals surface area (Å²) in [6.45, 7) is 2.18. The Morgan fingerprint density at radius 3 is 2.77 bits per heavy atom. The second-order valence-electron chi connectivity index (χ2n) is 5.86. The molecule has 2 aromatic rings. The summed E-state index contributed by atoms with van der Waals surface area (Å²) >= 11 is 0. The minimum atomic E-state index is -0.512. The Hall–Kier alpha value is -2.14. The Morgan fingerprint density at radius 2 is 2.05 bits per heavy atom. The molecule has 0 radical (unpaired) electrons. The highest BCUT2D eigenvalue weighted by molar-refractivity contribution is 6.04. The van der Waals surface area contributed by atoms with Crippen LogP contribution in [0.4, 0.5) is 10.2 Å². The smallest absolute Gasteiger partial charge is 0.259 e. The Bertz CT molecular complexity index is 659. The standard InChI is InChI=1S/C17H20FN3O/c1-21-8-6-12(7-9-21)13-10-16(19-11-13)20-17(22)14-4-2-3-5-15(14)18/h2-5,10-12,19H,6-9H2,1H3,(H,20,22). The Labute approximate surface area is 129 Å². The maximum atomic E-state index is 13.6. The average Bonchev–Trinajstić information content (AvgIpc) is 2.97. The number of nitrogens with zero attached hydrogens (tertiary/aromatic N) is 1. The molecule has 1 saturated heterocycles. The number of piperidine rings is 1. The second-order valence-corrected chi connectivity index (χ2v) is 5.86. The van der Waals surface area contributed by atoms with E-state index in [1.165, 1.54) is 17.7 Å². The molecule has 0 aliphatic carbocycles. The third-order valence-corrected chi connectivity index (χ3v) is 4.26. The first kappa shape index (κ1) is 14.8. The fourth-order valence-corrected chi connectivity index (χ4v) is 2.90. The van der Waals surface area contributed by atoms with Crippen molar-refractivity contribution < 1.29 is 9.18 Å².